The van der Waals surface area contributed by atoms with Crippen LogP contribution >= 0.6 is 23.1 Å². The molecule has 3 aromatic rings. The number of amides is 1. The number of anilines is 1. The van der Waals surface area contributed by atoms with E-state index in [9.17, 15) is 14.4 Å². The Bertz CT molecular complexity index is 1180. The van der Waals surface area contributed by atoms with E-state index in [1.54, 1.807) is 54.1 Å². The Balaban J connectivity index is 1.53. The molecule has 1 unspecified atom stereocenters. The first-order valence-electron chi connectivity index (χ1n) is 9.45. The highest BCUT2D eigenvalue weighted by Crippen LogP contribution is 2.35. The molecule has 29 heavy (non-hydrogen) atoms. The predicted octanol–water partition coefficient (Wildman–Crippen LogP) is 3.81. The van der Waals surface area contributed by atoms with E-state index in [1.165, 1.54) is 23.6 Å². The summed E-state index contributed by atoms with van der Waals surface area (Å²) in [6.45, 7) is 3.29. The third-order valence-electron chi connectivity index (χ3n) is 5.12. The number of aryl methyl sites for hydroxylation is 2. The zero-order valence-electron chi connectivity index (χ0n) is 16.4. The molecule has 0 saturated heterocycles. The normalized spacial score (nSPS) is 14.0. The monoisotopic (exact) mass is 427 g/mol. The molecular weight excluding hydrogens is 406 g/mol. The van der Waals surface area contributed by atoms with Crippen LogP contribution in [-0.2, 0) is 24.7 Å². The van der Waals surface area contributed by atoms with Gasteiger partial charge in [-0.05, 0) is 62.9 Å². The Hall–Kier alpha value is -2.45. The summed E-state index contributed by atoms with van der Waals surface area (Å²) in [5.41, 5.74) is 2.35. The summed E-state index contributed by atoms with van der Waals surface area (Å²) in [6.07, 6.45) is 3.06. The molecule has 6 nitrogen and oxygen atoms in total. The summed E-state index contributed by atoms with van der Waals surface area (Å²) in [6, 6.07) is 6.79. The van der Waals surface area contributed by atoms with Crippen LogP contribution in [0.4, 0.5) is 5.69 Å². The summed E-state index contributed by atoms with van der Waals surface area (Å²) in [7, 11) is 1.71. The van der Waals surface area contributed by atoms with E-state index in [4.69, 9.17) is 0 Å². The Kier molecular flexibility index (Phi) is 5.31. The second-order valence-corrected chi connectivity index (χ2v) is 9.57. The number of thioether (sulfide) groups is 1. The van der Waals surface area contributed by atoms with Crippen molar-refractivity contribution in [1.29, 1.82) is 0 Å². The molecule has 8 heteroatoms. The quantitative estimate of drug-likeness (QED) is 0.380. The van der Waals surface area contributed by atoms with Crippen molar-refractivity contribution in [2.24, 2.45) is 7.05 Å². The van der Waals surface area contributed by atoms with Crippen LogP contribution < -0.4 is 10.9 Å². The molecule has 4 rings (SSSR count). The number of nitrogens with one attached hydrogen (secondary N) is 1. The minimum Gasteiger partial charge on any atom is -0.325 e. The van der Waals surface area contributed by atoms with E-state index < -0.39 is 5.25 Å². The van der Waals surface area contributed by atoms with Crippen LogP contribution in [0, 0.1) is 0 Å². The Morgan fingerprint density at radius 1 is 1.24 bits per heavy atom. The molecule has 150 valence electrons. The average Bonchev–Trinajstić information content (AvgIpc) is 3.27. The van der Waals surface area contributed by atoms with E-state index in [0.29, 0.717) is 16.4 Å². The van der Waals surface area contributed by atoms with Crippen molar-refractivity contribution in [3.05, 3.63) is 50.6 Å². The molecule has 0 saturated carbocycles. The van der Waals surface area contributed by atoms with E-state index in [1.807, 2.05) is 0 Å². The summed E-state index contributed by atoms with van der Waals surface area (Å²) < 4.78 is 1.55. The topological polar surface area (TPSA) is 81.1 Å². The molecule has 1 aliphatic carbocycles. The predicted molar refractivity (Wildman–Crippen MR) is 117 cm³/mol. The van der Waals surface area contributed by atoms with E-state index >= 15 is 0 Å². The van der Waals surface area contributed by atoms with Gasteiger partial charge >= 0.3 is 0 Å². The van der Waals surface area contributed by atoms with Crippen LogP contribution in [0.25, 0.3) is 10.2 Å². The van der Waals surface area contributed by atoms with Crippen LogP contribution in [-0.4, -0.2) is 26.5 Å². The SMILES string of the molecule is CC(=O)c1ccc(NC(=O)C(C)Sc2nc3sc4c(c3c(=O)n2C)CCC4)cc1. The lowest BCUT2D eigenvalue weighted by molar-refractivity contribution is -0.115. The number of ketones is 1. The lowest BCUT2D eigenvalue weighted by Gasteiger charge is -2.14. The van der Waals surface area contributed by atoms with Gasteiger partial charge in [-0.25, -0.2) is 4.98 Å². The summed E-state index contributed by atoms with van der Waals surface area (Å²) in [5.74, 6) is -0.206. The van der Waals surface area contributed by atoms with Crippen LogP contribution in [0.5, 0.6) is 0 Å². The van der Waals surface area contributed by atoms with Gasteiger partial charge in [0.25, 0.3) is 5.56 Å². The van der Waals surface area contributed by atoms with Crippen molar-refractivity contribution in [3.63, 3.8) is 0 Å². The molecule has 0 radical (unpaired) electrons. The Morgan fingerprint density at radius 3 is 2.66 bits per heavy atom. The Labute approximate surface area is 176 Å². The van der Waals surface area contributed by atoms with Crippen LogP contribution in [0.2, 0.25) is 0 Å². The largest absolute Gasteiger partial charge is 0.325 e. The van der Waals surface area contributed by atoms with Crippen LogP contribution in [0.15, 0.2) is 34.2 Å². The first kappa shape index (κ1) is 19.8. The summed E-state index contributed by atoms with van der Waals surface area (Å²) in [4.78, 5) is 43.6. The number of carbonyl (C=O) groups excluding carboxylic acids is 2. The number of fused-ring (bicyclic) bond motifs is 3. The molecule has 2 heterocycles. The summed E-state index contributed by atoms with van der Waals surface area (Å²) >= 11 is 2.87. The maximum Gasteiger partial charge on any atom is 0.262 e. The lowest BCUT2D eigenvalue weighted by atomic mass is 10.1. The number of nitrogens with zero attached hydrogens (tertiary/aromatic N) is 2. The van der Waals surface area contributed by atoms with Gasteiger partial charge in [0.2, 0.25) is 5.91 Å². The maximum atomic E-state index is 12.9. The molecule has 0 aliphatic heterocycles. The Morgan fingerprint density at radius 2 is 1.97 bits per heavy atom. The van der Waals surface area contributed by atoms with Crippen molar-refractivity contribution in [3.8, 4) is 0 Å². The van der Waals surface area contributed by atoms with Crippen LogP contribution in [0.1, 0.15) is 41.1 Å². The van der Waals surface area contributed by atoms with Gasteiger partial charge in [-0.3, -0.25) is 19.0 Å². The number of aromatic nitrogens is 2. The van der Waals surface area contributed by atoms with Crippen molar-refractivity contribution in [2.75, 3.05) is 5.32 Å². The third-order valence-corrected chi connectivity index (χ3v) is 7.44. The number of benzene rings is 1. The van der Waals surface area contributed by atoms with E-state index in [2.05, 4.69) is 10.3 Å². The maximum absolute atomic E-state index is 12.9. The summed E-state index contributed by atoms with van der Waals surface area (Å²) in [5, 5.41) is 3.69. The average molecular weight is 428 g/mol. The van der Waals surface area contributed by atoms with Crippen molar-refractivity contribution in [1.82, 2.24) is 9.55 Å². The first-order chi connectivity index (χ1) is 13.8. The molecule has 1 N–H and O–H groups in total. The zero-order chi connectivity index (χ0) is 20.7. The van der Waals surface area contributed by atoms with Crippen molar-refractivity contribution in [2.45, 2.75) is 43.5 Å². The minimum absolute atomic E-state index is 0.0197. The molecule has 0 fully saturated rings. The molecule has 1 amide bonds. The second kappa shape index (κ2) is 7.76. The molecule has 1 atom stereocenters. The van der Waals surface area contributed by atoms with Gasteiger partial charge in [0.15, 0.2) is 10.9 Å². The van der Waals surface area contributed by atoms with E-state index in [0.717, 1.165) is 35.0 Å². The molecule has 0 spiro atoms. The van der Waals surface area contributed by atoms with Crippen molar-refractivity contribution < 1.29 is 9.59 Å². The van der Waals surface area contributed by atoms with Crippen LogP contribution in [0.3, 0.4) is 0 Å². The standard InChI is InChI=1S/C21H21N3O3S2/c1-11(25)13-7-9-14(10-8-13)22-18(26)12(2)28-21-23-19-17(20(27)24(21)3)15-5-4-6-16(15)29-19/h7-10,12H,4-6H2,1-3H3,(H,22,26). The number of Topliss-reactive ketones (excluding diaryl/α,β-unsaturated/α-hetero) is 1. The fourth-order valence-electron chi connectivity index (χ4n) is 3.45. The number of thiophene rings is 1. The minimum atomic E-state index is -0.440. The molecule has 1 aromatic carbocycles. The fraction of sp³-hybridized carbons (Fsp3) is 0.333. The van der Waals surface area contributed by atoms with Gasteiger partial charge in [0.1, 0.15) is 4.83 Å². The molecule has 2 aromatic heterocycles. The van der Waals surface area contributed by atoms with E-state index in [-0.39, 0.29) is 17.2 Å². The number of hydrogen-bond acceptors (Lipinski definition) is 6. The molecule has 1 aliphatic rings. The highest BCUT2D eigenvalue weighted by atomic mass is 32.2. The van der Waals surface area contributed by atoms with Gasteiger partial charge in [0.05, 0.1) is 10.6 Å². The zero-order valence-corrected chi connectivity index (χ0v) is 18.1. The third kappa shape index (κ3) is 3.74. The van der Waals surface area contributed by atoms with Gasteiger partial charge in [-0.15, -0.1) is 11.3 Å². The van der Waals surface area contributed by atoms with Crippen molar-refractivity contribution >= 4 is 50.7 Å². The molecule has 0 bridgehead atoms. The van der Waals surface area contributed by atoms with Gasteiger partial charge in [-0.2, -0.15) is 0 Å². The second-order valence-electron chi connectivity index (χ2n) is 7.18. The first-order valence-corrected chi connectivity index (χ1v) is 11.1. The highest BCUT2D eigenvalue weighted by Gasteiger charge is 2.24. The molecular formula is C21H21N3O3S2. The fourth-order valence-corrected chi connectivity index (χ4v) is 5.63. The number of hydrogen-bond donors (Lipinski definition) is 1. The smallest absolute Gasteiger partial charge is 0.262 e. The van der Waals surface area contributed by atoms with Gasteiger partial charge < -0.3 is 5.32 Å². The number of carbonyl (C=O) groups is 2. The number of rotatable bonds is 5. The lowest BCUT2D eigenvalue weighted by Crippen LogP contribution is -2.25. The van der Waals surface area contributed by atoms with Gasteiger partial charge in [-0.1, -0.05) is 11.8 Å². The highest BCUT2D eigenvalue weighted by molar-refractivity contribution is 8.00. The van der Waals surface area contributed by atoms with Gasteiger partial charge in [0, 0.05) is 23.2 Å².